The highest BCUT2D eigenvalue weighted by Crippen LogP contribution is 2.23. The van der Waals surface area contributed by atoms with Gasteiger partial charge in [0.15, 0.2) is 0 Å². The number of carbonyl (C=O) groups excluding carboxylic acids is 1. The van der Waals surface area contributed by atoms with Crippen molar-refractivity contribution in [2.75, 3.05) is 13.1 Å². The number of amides is 1. The summed E-state index contributed by atoms with van der Waals surface area (Å²) in [5.74, 6) is 0. The average Bonchev–Trinajstić information content (AvgIpc) is 2.45. The number of nitrogens with one attached hydrogen (secondary N) is 1. The van der Waals surface area contributed by atoms with Crippen molar-refractivity contribution in [1.82, 2.24) is 15.3 Å². The van der Waals surface area contributed by atoms with Crippen LogP contribution in [0.25, 0.3) is 0 Å². The van der Waals surface area contributed by atoms with E-state index in [2.05, 4.69) is 24.3 Å². The largest absolute Gasteiger partial charge is 0.444 e. The van der Waals surface area contributed by atoms with Crippen LogP contribution in [0.1, 0.15) is 73.1 Å². The number of hydrogen-bond acceptors (Lipinski definition) is 4. The Morgan fingerprint density at radius 3 is 2.35 bits per heavy atom. The number of hydrazine groups is 1. The molecule has 0 aliphatic carbocycles. The standard InChI is InChI=1S/C18H35N3O2/c1-14-9-8-10-15(2)21(14)19-13-16-11-6-7-12-20(16)17(22)23-18(3,4)5/h14-16,19H,6-13H2,1-5H3. The quantitative estimate of drug-likeness (QED) is 0.862. The minimum absolute atomic E-state index is 0.163. The lowest BCUT2D eigenvalue weighted by Gasteiger charge is -2.42. The van der Waals surface area contributed by atoms with Crippen LogP contribution in [-0.2, 0) is 4.74 Å². The number of ether oxygens (including phenoxy) is 1. The van der Waals surface area contributed by atoms with Crippen LogP contribution >= 0.6 is 0 Å². The van der Waals surface area contributed by atoms with Crippen molar-refractivity contribution in [2.45, 2.75) is 96.9 Å². The third kappa shape index (κ3) is 5.35. The van der Waals surface area contributed by atoms with Crippen LogP contribution in [0.15, 0.2) is 0 Å². The number of nitrogens with zero attached hydrogens (tertiary/aromatic N) is 2. The van der Waals surface area contributed by atoms with Crippen LogP contribution in [0.5, 0.6) is 0 Å². The molecule has 5 nitrogen and oxygen atoms in total. The van der Waals surface area contributed by atoms with Crippen LogP contribution in [0.4, 0.5) is 4.79 Å². The fourth-order valence-corrected chi connectivity index (χ4v) is 3.72. The van der Waals surface area contributed by atoms with E-state index < -0.39 is 5.60 Å². The van der Waals surface area contributed by atoms with Gasteiger partial charge in [0.2, 0.25) is 0 Å². The fourth-order valence-electron chi connectivity index (χ4n) is 3.72. The smallest absolute Gasteiger partial charge is 0.410 e. The van der Waals surface area contributed by atoms with Crippen LogP contribution < -0.4 is 5.43 Å². The van der Waals surface area contributed by atoms with Crippen molar-refractivity contribution in [3.8, 4) is 0 Å². The van der Waals surface area contributed by atoms with Gasteiger partial charge in [0, 0.05) is 31.2 Å². The number of rotatable bonds is 3. The lowest BCUT2D eigenvalue weighted by molar-refractivity contribution is -0.00103. The first-order valence-electron chi connectivity index (χ1n) is 9.29. The molecule has 134 valence electrons. The highest BCUT2D eigenvalue weighted by Gasteiger charge is 2.32. The molecular weight excluding hydrogens is 290 g/mol. The number of carbonyl (C=O) groups is 1. The molecule has 5 heteroatoms. The molecule has 0 saturated carbocycles. The Balaban J connectivity index is 1.92. The summed E-state index contributed by atoms with van der Waals surface area (Å²) in [6.07, 6.45) is 6.97. The molecule has 3 unspecified atom stereocenters. The molecule has 1 amide bonds. The summed E-state index contributed by atoms with van der Waals surface area (Å²) < 4.78 is 5.59. The molecule has 3 atom stereocenters. The zero-order valence-electron chi connectivity index (χ0n) is 15.6. The van der Waals surface area contributed by atoms with Gasteiger partial charge in [-0.2, -0.15) is 0 Å². The zero-order valence-corrected chi connectivity index (χ0v) is 15.6. The predicted octanol–water partition coefficient (Wildman–Crippen LogP) is 3.54. The van der Waals surface area contributed by atoms with Gasteiger partial charge in [-0.05, 0) is 66.7 Å². The van der Waals surface area contributed by atoms with E-state index in [1.165, 1.54) is 25.7 Å². The molecule has 0 bridgehead atoms. The molecule has 2 rings (SSSR count). The monoisotopic (exact) mass is 325 g/mol. The summed E-state index contributed by atoms with van der Waals surface area (Å²) in [5, 5.41) is 2.39. The molecule has 0 spiro atoms. The minimum atomic E-state index is -0.428. The lowest BCUT2D eigenvalue weighted by atomic mass is 9.99. The third-order valence-corrected chi connectivity index (χ3v) is 4.96. The van der Waals surface area contributed by atoms with Gasteiger partial charge in [-0.3, -0.25) is 5.43 Å². The van der Waals surface area contributed by atoms with Gasteiger partial charge >= 0.3 is 6.09 Å². The van der Waals surface area contributed by atoms with E-state index in [1.54, 1.807) is 0 Å². The SMILES string of the molecule is CC1CCCC(C)N1NCC1CCCCN1C(=O)OC(C)(C)C. The first kappa shape index (κ1) is 18.5. The van der Waals surface area contributed by atoms with E-state index in [9.17, 15) is 4.79 Å². The Hall–Kier alpha value is -0.810. The molecule has 23 heavy (non-hydrogen) atoms. The van der Waals surface area contributed by atoms with Gasteiger partial charge in [0.1, 0.15) is 5.60 Å². The maximum Gasteiger partial charge on any atom is 0.410 e. The lowest BCUT2D eigenvalue weighted by Crippen LogP contribution is -2.57. The Kier molecular flexibility index (Phi) is 6.32. The summed E-state index contributed by atoms with van der Waals surface area (Å²) in [6, 6.07) is 1.37. The van der Waals surface area contributed by atoms with Crippen LogP contribution in [-0.4, -0.2) is 52.8 Å². The Morgan fingerprint density at radius 1 is 1.09 bits per heavy atom. The summed E-state index contributed by atoms with van der Waals surface area (Å²) >= 11 is 0. The predicted molar refractivity (Wildman–Crippen MR) is 93.2 cm³/mol. The van der Waals surface area contributed by atoms with Crippen molar-refractivity contribution in [1.29, 1.82) is 0 Å². The third-order valence-electron chi connectivity index (χ3n) is 4.96. The summed E-state index contributed by atoms with van der Waals surface area (Å²) in [5.41, 5.74) is 3.19. The van der Waals surface area contributed by atoms with E-state index in [0.717, 1.165) is 25.9 Å². The second-order valence-electron chi connectivity index (χ2n) is 8.22. The molecule has 0 aromatic rings. The van der Waals surface area contributed by atoms with Crippen molar-refractivity contribution < 1.29 is 9.53 Å². The van der Waals surface area contributed by atoms with Crippen molar-refractivity contribution in [3.63, 3.8) is 0 Å². The van der Waals surface area contributed by atoms with Gasteiger partial charge < -0.3 is 9.64 Å². The Bertz CT molecular complexity index is 384. The Labute approximate surface area is 141 Å². The summed E-state index contributed by atoms with van der Waals surface area (Å²) in [7, 11) is 0. The van der Waals surface area contributed by atoms with Crippen LogP contribution in [0.3, 0.4) is 0 Å². The highest BCUT2D eigenvalue weighted by atomic mass is 16.6. The first-order chi connectivity index (χ1) is 10.8. The van der Waals surface area contributed by atoms with Crippen molar-refractivity contribution in [3.05, 3.63) is 0 Å². The zero-order chi connectivity index (χ0) is 17.0. The molecule has 0 aromatic carbocycles. The van der Waals surface area contributed by atoms with Gasteiger partial charge in [-0.15, -0.1) is 0 Å². The van der Waals surface area contributed by atoms with E-state index in [0.29, 0.717) is 12.1 Å². The van der Waals surface area contributed by atoms with Crippen molar-refractivity contribution >= 4 is 6.09 Å². The maximum absolute atomic E-state index is 12.5. The molecule has 1 N–H and O–H groups in total. The number of likely N-dealkylation sites (tertiary alicyclic amines) is 1. The van der Waals surface area contributed by atoms with Gasteiger partial charge in [0.05, 0.1) is 0 Å². The topological polar surface area (TPSA) is 44.8 Å². The Morgan fingerprint density at radius 2 is 1.74 bits per heavy atom. The molecule has 0 aromatic heterocycles. The van der Waals surface area contributed by atoms with Crippen LogP contribution in [0, 0.1) is 0 Å². The summed E-state index contributed by atoms with van der Waals surface area (Å²) in [4.78, 5) is 14.4. The van der Waals surface area contributed by atoms with Crippen molar-refractivity contribution in [2.24, 2.45) is 0 Å². The normalized spacial score (nSPS) is 30.3. The highest BCUT2D eigenvalue weighted by molar-refractivity contribution is 5.68. The van der Waals surface area contributed by atoms with Crippen LogP contribution in [0.2, 0.25) is 0 Å². The maximum atomic E-state index is 12.5. The molecule has 2 heterocycles. The van der Waals surface area contributed by atoms with E-state index >= 15 is 0 Å². The summed E-state index contributed by atoms with van der Waals surface area (Å²) in [6.45, 7) is 12.0. The number of hydrogen-bond donors (Lipinski definition) is 1. The number of piperidine rings is 2. The molecule has 2 saturated heterocycles. The van der Waals surface area contributed by atoms with Gasteiger partial charge in [0.25, 0.3) is 0 Å². The minimum Gasteiger partial charge on any atom is -0.444 e. The van der Waals surface area contributed by atoms with E-state index in [-0.39, 0.29) is 12.1 Å². The van der Waals surface area contributed by atoms with E-state index in [4.69, 9.17) is 4.74 Å². The molecule has 0 radical (unpaired) electrons. The fraction of sp³-hybridized carbons (Fsp3) is 0.944. The molecule has 2 aliphatic heterocycles. The second kappa shape index (κ2) is 7.84. The van der Waals surface area contributed by atoms with E-state index in [1.807, 2.05) is 25.7 Å². The van der Waals surface area contributed by atoms with Gasteiger partial charge in [-0.1, -0.05) is 6.42 Å². The molecule has 2 fully saturated rings. The second-order valence-corrected chi connectivity index (χ2v) is 8.22. The van der Waals surface area contributed by atoms with Gasteiger partial charge in [-0.25, -0.2) is 9.80 Å². The molecular formula is C18H35N3O2. The average molecular weight is 325 g/mol. The molecule has 2 aliphatic rings. The first-order valence-corrected chi connectivity index (χ1v) is 9.29.